The van der Waals surface area contributed by atoms with Gasteiger partial charge in [-0.1, -0.05) is 52.3 Å². The van der Waals surface area contributed by atoms with Crippen molar-refractivity contribution in [3.8, 4) is 0 Å². The zero-order chi connectivity index (χ0) is 14.0. The van der Waals surface area contributed by atoms with Gasteiger partial charge in [-0.3, -0.25) is 4.79 Å². The van der Waals surface area contributed by atoms with Gasteiger partial charge in [0.2, 0.25) is 0 Å². The van der Waals surface area contributed by atoms with Gasteiger partial charge in [-0.25, -0.2) is 0 Å². The SMILES string of the molecule is CC1CCCCc2ccc(CC(=O)C(C)(C)C)cc21. The minimum atomic E-state index is -0.238. The fourth-order valence-electron chi connectivity index (χ4n) is 2.81. The molecular formula is C18H26O. The van der Waals surface area contributed by atoms with Crippen LogP contribution in [0.3, 0.4) is 0 Å². The van der Waals surface area contributed by atoms with E-state index in [0.717, 1.165) is 0 Å². The van der Waals surface area contributed by atoms with Crippen molar-refractivity contribution >= 4 is 5.78 Å². The number of rotatable bonds is 2. The summed E-state index contributed by atoms with van der Waals surface area (Å²) in [5.41, 5.74) is 3.93. The first-order valence-corrected chi connectivity index (χ1v) is 7.53. The molecule has 1 unspecified atom stereocenters. The van der Waals surface area contributed by atoms with E-state index in [-0.39, 0.29) is 5.41 Å². The summed E-state index contributed by atoms with van der Waals surface area (Å²) in [6, 6.07) is 6.69. The fraction of sp³-hybridized carbons (Fsp3) is 0.611. The van der Waals surface area contributed by atoms with E-state index in [1.807, 2.05) is 20.8 Å². The predicted octanol–water partition coefficient (Wildman–Crippen LogP) is 4.67. The van der Waals surface area contributed by atoms with Crippen LogP contribution < -0.4 is 0 Å². The van der Waals surface area contributed by atoms with E-state index in [2.05, 4.69) is 25.1 Å². The first-order chi connectivity index (χ1) is 8.88. The van der Waals surface area contributed by atoms with Gasteiger partial charge in [0, 0.05) is 11.8 Å². The molecule has 0 N–H and O–H groups in total. The summed E-state index contributed by atoms with van der Waals surface area (Å²) in [5, 5.41) is 0. The van der Waals surface area contributed by atoms with Gasteiger partial charge in [-0.15, -0.1) is 0 Å². The summed E-state index contributed by atoms with van der Waals surface area (Å²) < 4.78 is 0. The average Bonchev–Trinajstić information content (AvgIpc) is 2.51. The third-order valence-electron chi connectivity index (χ3n) is 4.28. The van der Waals surface area contributed by atoms with Crippen LogP contribution in [-0.2, 0) is 17.6 Å². The second kappa shape index (κ2) is 5.48. The number of carbonyl (C=O) groups excluding carboxylic acids is 1. The Morgan fingerprint density at radius 3 is 2.68 bits per heavy atom. The highest BCUT2D eigenvalue weighted by atomic mass is 16.1. The molecule has 1 aromatic rings. The van der Waals surface area contributed by atoms with Gasteiger partial charge in [0.25, 0.3) is 0 Å². The zero-order valence-corrected chi connectivity index (χ0v) is 12.8. The molecule has 0 radical (unpaired) electrons. The third kappa shape index (κ3) is 3.46. The lowest BCUT2D eigenvalue weighted by atomic mass is 9.85. The van der Waals surface area contributed by atoms with Crippen molar-refractivity contribution in [2.75, 3.05) is 0 Å². The van der Waals surface area contributed by atoms with Crippen LogP contribution in [0.15, 0.2) is 18.2 Å². The van der Waals surface area contributed by atoms with Crippen LogP contribution in [0.25, 0.3) is 0 Å². The van der Waals surface area contributed by atoms with Crippen LogP contribution in [0.2, 0.25) is 0 Å². The normalized spacial score (nSPS) is 19.7. The van der Waals surface area contributed by atoms with E-state index < -0.39 is 0 Å². The molecule has 2 rings (SSSR count). The Hall–Kier alpha value is -1.11. The Morgan fingerprint density at radius 2 is 2.00 bits per heavy atom. The molecule has 0 heterocycles. The third-order valence-corrected chi connectivity index (χ3v) is 4.28. The summed E-state index contributed by atoms with van der Waals surface area (Å²) in [4.78, 5) is 12.2. The van der Waals surface area contributed by atoms with Gasteiger partial charge >= 0.3 is 0 Å². The summed E-state index contributed by atoms with van der Waals surface area (Å²) in [5.74, 6) is 0.968. The van der Waals surface area contributed by atoms with Crippen molar-refractivity contribution in [2.24, 2.45) is 5.41 Å². The van der Waals surface area contributed by atoms with Crippen LogP contribution >= 0.6 is 0 Å². The fourth-order valence-corrected chi connectivity index (χ4v) is 2.81. The van der Waals surface area contributed by atoms with Crippen LogP contribution in [0.5, 0.6) is 0 Å². The van der Waals surface area contributed by atoms with E-state index in [1.54, 1.807) is 0 Å². The smallest absolute Gasteiger partial charge is 0.142 e. The maximum atomic E-state index is 12.2. The van der Waals surface area contributed by atoms with Crippen LogP contribution in [0, 0.1) is 5.41 Å². The number of benzene rings is 1. The molecule has 0 fully saturated rings. The monoisotopic (exact) mass is 258 g/mol. The maximum Gasteiger partial charge on any atom is 0.142 e. The first-order valence-electron chi connectivity index (χ1n) is 7.53. The van der Waals surface area contributed by atoms with Gasteiger partial charge in [0.05, 0.1) is 0 Å². The van der Waals surface area contributed by atoms with Crippen molar-refractivity contribution < 1.29 is 4.79 Å². The molecule has 1 aliphatic rings. The van der Waals surface area contributed by atoms with Gasteiger partial charge in [0.1, 0.15) is 5.78 Å². The molecule has 0 spiro atoms. The van der Waals surface area contributed by atoms with Crippen molar-refractivity contribution in [3.05, 3.63) is 34.9 Å². The zero-order valence-electron chi connectivity index (χ0n) is 12.8. The Bertz CT molecular complexity index is 465. The number of hydrogen-bond acceptors (Lipinski definition) is 1. The Kier molecular flexibility index (Phi) is 4.13. The number of ketones is 1. The second-order valence-electron chi connectivity index (χ2n) is 7.03. The van der Waals surface area contributed by atoms with Gasteiger partial charge < -0.3 is 0 Å². The van der Waals surface area contributed by atoms with Crippen molar-refractivity contribution in [1.82, 2.24) is 0 Å². The minimum Gasteiger partial charge on any atom is -0.299 e. The summed E-state index contributed by atoms with van der Waals surface area (Å²) in [6.07, 6.45) is 5.68. The minimum absolute atomic E-state index is 0.238. The highest BCUT2D eigenvalue weighted by Gasteiger charge is 2.22. The topological polar surface area (TPSA) is 17.1 Å². The molecule has 1 heteroatoms. The average molecular weight is 258 g/mol. The highest BCUT2D eigenvalue weighted by Crippen LogP contribution is 2.31. The summed E-state index contributed by atoms with van der Waals surface area (Å²) >= 11 is 0. The Morgan fingerprint density at radius 1 is 1.26 bits per heavy atom. The van der Waals surface area contributed by atoms with E-state index in [4.69, 9.17) is 0 Å². The van der Waals surface area contributed by atoms with E-state index in [1.165, 1.54) is 42.4 Å². The molecule has 0 aliphatic heterocycles. The molecule has 0 saturated carbocycles. The highest BCUT2D eigenvalue weighted by molar-refractivity contribution is 5.85. The molecule has 0 amide bonds. The van der Waals surface area contributed by atoms with Crippen molar-refractivity contribution in [1.29, 1.82) is 0 Å². The maximum absolute atomic E-state index is 12.2. The van der Waals surface area contributed by atoms with Gasteiger partial charge in [0.15, 0.2) is 0 Å². The molecule has 1 aliphatic carbocycles. The van der Waals surface area contributed by atoms with Crippen LogP contribution in [0.4, 0.5) is 0 Å². The quantitative estimate of drug-likeness (QED) is 0.704. The molecule has 104 valence electrons. The molecule has 1 atom stereocenters. The lowest BCUT2D eigenvalue weighted by molar-refractivity contribution is -0.125. The number of Topliss-reactive ketones (excluding diaryl/α,β-unsaturated/α-hetero) is 1. The first kappa shape index (κ1) is 14.3. The van der Waals surface area contributed by atoms with E-state index in [9.17, 15) is 4.79 Å². The van der Waals surface area contributed by atoms with E-state index >= 15 is 0 Å². The standard InChI is InChI=1S/C18H26O/c1-13-7-5-6-8-15-10-9-14(11-16(13)15)12-17(19)18(2,3)4/h9-11,13H,5-8,12H2,1-4H3. The number of aryl methyl sites for hydroxylation is 1. The summed E-state index contributed by atoms with van der Waals surface area (Å²) in [6.45, 7) is 8.32. The van der Waals surface area contributed by atoms with Gasteiger partial charge in [-0.2, -0.15) is 0 Å². The van der Waals surface area contributed by atoms with Gasteiger partial charge in [-0.05, 0) is 41.9 Å². The molecule has 0 saturated heterocycles. The summed E-state index contributed by atoms with van der Waals surface area (Å²) in [7, 11) is 0. The van der Waals surface area contributed by atoms with Crippen molar-refractivity contribution in [2.45, 2.75) is 65.7 Å². The van der Waals surface area contributed by atoms with Crippen LogP contribution in [0.1, 0.15) is 69.6 Å². The number of carbonyl (C=O) groups is 1. The lowest BCUT2D eigenvalue weighted by Crippen LogP contribution is -2.22. The number of fused-ring (bicyclic) bond motifs is 1. The second-order valence-corrected chi connectivity index (χ2v) is 7.03. The molecule has 1 aromatic carbocycles. The molecule has 0 bridgehead atoms. The molecule has 0 aromatic heterocycles. The van der Waals surface area contributed by atoms with Crippen molar-refractivity contribution in [3.63, 3.8) is 0 Å². The largest absolute Gasteiger partial charge is 0.299 e. The Labute approximate surface area is 117 Å². The van der Waals surface area contributed by atoms with Crippen LogP contribution in [-0.4, -0.2) is 5.78 Å². The number of hydrogen-bond donors (Lipinski definition) is 0. The molecule has 19 heavy (non-hydrogen) atoms. The molecule has 1 nitrogen and oxygen atoms in total. The lowest BCUT2D eigenvalue weighted by Gasteiger charge is -2.18. The van der Waals surface area contributed by atoms with E-state index in [0.29, 0.717) is 18.1 Å². The Balaban J connectivity index is 2.23. The predicted molar refractivity (Wildman–Crippen MR) is 80.6 cm³/mol. The molecular weight excluding hydrogens is 232 g/mol.